The summed E-state index contributed by atoms with van der Waals surface area (Å²) in [5.74, 6) is 0.241. The minimum absolute atomic E-state index is 0.0390. The predicted molar refractivity (Wildman–Crippen MR) is 102 cm³/mol. The lowest BCUT2D eigenvalue weighted by Crippen LogP contribution is -2.50. The average Bonchev–Trinajstić information content (AvgIpc) is 2.68. The number of rotatable bonds is 5. The fraction of sp³-hybridized carbons (Fsp3) is 0.882. The van der Waals surface area contributed by atoms with Gasteiger partial charge in [-0.1, -0.05) is 0 Å². The Morgan fingerprint density at radius 2 is 1.86 bits per heavy atom. The molecule has 2 heterocycles. The van der Waals surface area contributed by atoms with Crippen LogP contribution in [-0.2, 0) is 19.6 Å². The van der Waals surface area contributed by atoms with Gasteiger partial charge in [0.25, 0.3) is 0 Å². The van der Waals surface area contributed by atoms with Crippen LogP contribution < -0.4 is 5.32 Å². The Balaban J connectivity index is 1.84. The van der Waals surface area contributed by atoms with Gasteiger partial charge >= 0.3 is 21.5 Å². The van der Waals surface area contributed by atoms with Crippen LogP contribution in [-0.4, -0.2) is 81.4 Å². The lowest BCUT2D eigenvalue weighted by atomic mass is 9.97. The smallest absolute Gasteiger partial charge is 0.466 e. The highest BCUT2D eigenvalue weighted by molar-refractivity contribution is 7.90. The van der Waals surface area contributed by atoms with E-state index in [1.54, 1.807) is 14.0 Å². The Bertz CT molecular complexity index is 691. The number of halogens is 3. The number of aliphatic imine (C=N–C) groups is 1. The molecule has 0 bridgehead atoms. The first-order chi connectivity index (χ1) is 13.6. The van der Waals surface area contributed by atoms with Gasteiger partial charge in [-0.25, -0.2) is 8.42 Å². The third-order valence-corrected chi connectivity index (χ3v) is 6.94. The molecule has 2 saturated heterocycles. The van der Waals surface area contributed by atoms with E-state index >= 15 is 0 Å². The number of ether oxygens (including phenoxy) is 1. The molecule has 0 aliphatic carbocycles. The molecule has 0 saturated carbocycles. The summed E-state index contributed by atoms with van der Waals surface area (Å²) in [6, 6.07) is 0. The highest BCUT2D eigenvalue weighted by Crippen LogP contribution is 2.30. The molecule has 1 N–H and O–H groups in total. The minimum Gasteiger partial charge on any atom is -0.466 e. The summed E-state index contributed by atoms with van der Waals surface area (Å²) in [7, 11) is -3.62. The molecule has 29 heavy (non-hydrogen) atoms. The first-order valence-electron chi connectivity index (χ1n) is 9.78. The van der Waals surface area contributed by atoms with Crippen LogP contribution in [0.2, 0.25) is 0 Å². The Labute approximate surface area is 169 Å². The summed E-state index contributed by atoms with van der Waals surface area (Å²) in [4.78, 5) is 18.2. The van der Waals surface area contributed by atoms with Crippen molar-refractivity contribution in [2.75, 3.05) is 46.4 Å². The van der Waals surface area contributed by atoms with Crippen molar-refractivity contribution >= 4 is 22.0 Å². The van der Waals surface area contributed by atoms with Gasteiger partial charge < -0.3 is 15.0 Å². The Morgan fingerprint density at radius 1 is 1.21 bits per heavy atom. The number of likely N-dealkylation sites (tertiary alicyclic amines) is 1. The lowest BCUT2D eigenvalue weighted by Gasteiger charge is -2.35. The number of sulfonamides is 1. The van der Waals surface area contributed by atoms with E-state index in [9.17, 15) is 26.4 Å². The van der Waals surface area contributed by atoms with Crippen molar-refractivity contribution in [3.63, 3.8) is 0 Å². The number of nitrogens with zero attached hydrogens (tertiary/aromatic N) is 3. The first-order valence-corrected chi connectivity index (χ1v) is 11.2. The van der Waals surface area contributed by atoms with Crippen molar-refractivity contribution in [1.29, 1.82) is 0 Å². The van der Waals surface area contributed by atoms with Gasteiger partial charge in [-0.05, 0) is 38.5 Å². The van der Waals surface area contributed by atoms with Crippen molar-refractivity contribution in [3.8, 4) is 0 Å². The number of nitrogens with one attached hydrogen (secondary N) is 1. The average molecular weight is 443 g/mol. The summed E-state index contributed by atoms with van der Waals surface area (Å²) < 4.78 is 66.6. The fourth-order valence-electron chi connectivity index (χ4n) is 3.69. The van der Waals surface area contributed by atoms with E-state index in [1.165, 1.54) is 0 Å². The number of carbonyl (C=O) groups is 1. The maximum atomic E-state index is 12.7. The molecule has 1 unspecified atom stereocenters. The molecule has 2 fully saturated rings. The minimum atomic E-state index is -5.26. The topological polar surface area (TPSA) is 91.3 Å². The highest BCUT2D eigenvalue weighted by Gasteiger charge is 2.50. The Kier molecular flexibility index (Phi) is 8.15. The second-order valence-electron chi connectivity index (χ2n) is 7.26. The van der Waals surface area contributed by atoms with E-state index in [-0.39, 0.29) is 30.9 Å². The summed E-state index contributed by atoms with van der Waals surface area (Å²) >= 11 is 0. The molecule has 0 radical (unpaired) electrons. The molecule has 1 atom stereocenters. The number of carbonyl (C=O) groups excluding carboxylic acids is 1. The number of hydrogen-bond donors (Lipinski definition) is 1. The van der Waals surface area contributed by atoms with Crippen molar-refractivity contribution in [1.82, 2.24) is 14.5 Å². The second-order valence-corrected chi connectivity index (χ2v) is 9.19. The standard InChI is InChI=1S/C17H29F3N4O4S/c1-3-28-15(25)14-5-4-8-23(12-14)16(21-2)22-11-13-6-9-24(10-7-13)29(26,27)17(18,19)20/h13-14H,3-12H2,1-2H3,(H,21,22). The van der Waals surface area contributed by atoms with Crippen LogP contribution in [0.3, 0.4) is 0 Å². The summed E-state index contributed by atoms with van der Waals surface area (Å²) in [6.07, 6.45) is 2.27. The van der Waals surface area contributed by atoms with Crippen LogP contribution in [0.4, 0.5) is 13.2 Å². The Hall–Kier alpha value is -1.56. The molecule has 0 amide bonds. The van der Waals surface area contributed by atoms with Gasteiger partial charge in [0.1, 0.15) is 0 Å². The fourth-order valence-corrected chi connectivity index (χ4v) is 4.67. The molecular weight excluding hydrogens is 413 g/mol. The number of esters is 1. The van der Waals surface area contributed by atoms with Gasteiger partial charge in [0.05, 0.1) is 12.5 Å². The number of guanidine groups is 1. The molecule has 2 aliphatic rings. The zero-order valence-electron chi connectivity index (χ0n) is 16.7. The summed E-state index contributed by atoms with van der Waals surface area (Å²) in [6.45, 7) is 3.53. The van der Waals surface area contributed by atoms with Crippen molar-refractivity contribution in [2.45, 2.75) is 38.1 Å². The van der Waals surface area contributed by atoms with E-state index in [4.69, 9.17) is 4.74 Å². The molecule has 0 aromatic rings. The van der Waals surface area contributed by atoms with Crippen LogP contribution in [0.15, 0.2) is 4.99 Å². The molecule has 168 valence electrons. The van der Waals surface area contributed by atoms with E-state index in [2.05, 4.69) is 10.3 Å². The van der Waals surface area contributed by atoms with Gasteiger partial charge in [-0.3, -0.25) is 9.79 Å². The largest absolute Gasteiger partial charge is 0.511 e. The zero-order valence-corrected chi connectivity index (χ0v) is 17.6. The van der Waals surface area contributed by atoms with Crippen LogP contribution in [0.5, 0.6) is 0 Å². The van der Waals surface area contributed by atoms with Crippen LogP contribution in [0.1, 0.15) is 32.6 Å². The van der Waals surface area contributed by atoms with Gasteiger partial charge in [0.15, 0.2) is 5.96 Å². The van der Waals surface area contributed by atoms with Crippen molar-refractivity contribution in [3.05, 3.63) is 0 Å². The molecule has 2 aliphatic heterocycles. The van der Waals surface area contributed by atoms with Crippen molar-refractivity contribution in [2.24, 2.45) is 16.8 Å². The third-order valence-electron chi connectivity index (χ3n) is 5.31. The first kappa shape index (κ1) is 23.7. The van der Waals surface area contributed by atoms with E-state index in [0.717, 1.165) is 19.4 Å². The lowest BCUT2D eigenvalue weighted by molar-refractivity contribution is -0.149. The maximum Gasteiger partial charge on any atom is 0.511 e. The van der Waals surface area contributed by atoms with Crippen LogP contribution in [0, 0.1) is 11.8 Å². The monoisotopic (exact) mass is 442 g/mol. The molecular formula is C17H29F3N4O4S. The molecule has 8 nitrogen and oxygen atoms in total. The molecule has 12 heteroatoms. The number of piperidine rings is 2. The molecule has 0 spiro atoms. The number of alkyl halides is 3. The van der Waals surface area contributed by atoms with Crippen LogP contribution in [0.25, 0.3) is 0 Å². The normalized spacial score (nSPS) is 23.1. The van der Waals surface area contributed by atoms with E-state index in [1.807, 2.05) is 4.90 Å². The maximum absolute atomic E-state index is 12.7. The van der Waals surface area contributed by atoms with Crippen molar-refractivity contribution < 1.29 is 31.1 Å². The molecule has 2 rings (SSSR count). The Morgan fingerprint density at radius 3 is 2.41 bits per heavy atom. The quantitative estimate of drug-likeness (QED) is 0.393. The third kappa shape index (κ3) is 5.97. The van der Waals surface area contributed by atoms with Gasteiger partial charge in [0.2, 0.25) is 0 Å². The number of hydrogen-bond acceptors (Lipinski definition) is 5. The molecule has 0 aromatic heterocycles. The van der Waals surface area contributed by atoms with Crippen LogP contribution >= 0.6 is 0 Å². The zero-order chi connectivity index (χ0) is 21.7. The predicted octanol–water partition coefficient (Wildman–Crippen LogP) is 1.40. The molecule has 0 aromatic carbocycles. The SMILES string of the molecule is CCOC(=O)C1CCCN(C(=NC)NCC2CCN(S(=O)(=O)C(F)(F)F)CC2)C1. The summed E-state index contributed by atoms with van der Waals surface area (Å²) in [5.41, 5.74) is -5.26. The highest BCUT2D eigenvalue weighted by atomic mass is 32.2. The second kappa shape index (κ2) is 9.96. The summed E-state index contributed by atoms with van der Waals surface area (Å²) in [5, 5.41) is 3.22. The van der Waals surface area contributed by atoms with E-state index in [0.29, 0.717) is 42.8 Å². The van der Waals surface area contributed by atoms with E-state index < -0.39 is 15.5 Å². The van der Waals surface area contributed by atoms with Gasteiger partial charge in [-0.15, -0.1) is 0 Å². The van der Waals surface area contributed by atoms with Gasteiger partial charge in [-0.2, -0.15) is 17.5 Å². The van der Waals surface area contributed by atoms with Gasteiger partial charge in [0, 0.05) is 39.8 Å².